The predicted molar refractivity (Wildman–Crippen MR) is 77.3 cm³/mol. The average molecular weight is 271 g/mol. The van der Waals surface area contributed by atoms with Gasteiger partial charge in [-0.1, -0.05) is 13.8 Å². The third kappa shape index (κ3) is 7.38. The summed E-state index contributed by atoms with van der Waals surface area (Å²) >= 11 is 0. The van der Waals surface area contributed by atoms with Crippen LogP contribution in [0.5, 0.6) is 0 Å². The van der Waals surface area contributed by atoms with Crippen LogP contribution in [0.2, 0.25) is 0 Å². The highest BCUT2D eigenvalue weighted by Gasteiger charge is 2.20. The zero-order valence-electron chi connectivity index (χ0n) is 12.6. The van der Waals surface area contributed by atoms with Crippen molar-refractivity contribution in [3.05, 3.63) is 0 Å². The molecule has 1 fully saturated rings. The van der Waals surface area contributed by atoms with Crippen molar-refractivity contribution in [3.8, 4) is 0 Å². The molecule has 2 amide bonds. The molecule has 0 bridgehead atoms. The van der Waals surface area contributed by atoms with E-state index in [2.05, 4.69) is 29.4 Å². The fourth-order valence-electron chi connectivity index (χ4n) is 2.43. The van der Waals surface area contributed by atoms with Gasteiger partial charge >= 0.3 is 6.03 Å². The Hall–Kier alpha value is -0.810. The quantitative estimate of drug-likeness (QED) is 0.689. The number of hydrogen-bond acceptors (Lipinski definition) is 3. The SMILES string of the molecule is COCCCNC(=O)NC1CCN(CC(C)C)CC1. The predicted octanol–water partition coefficient (Wildman–Crippen LogP) is 1.44. The molecular formula is C14H29N3O2. The molecule has 1 rings (SSSR count). The van der Waals surface area contributed by atoms with Crippen molar-refractivity contribution in [2.24, 2.45) is 5.92 Å². The molecule has 0 aliphatic carbocycles. The van der Waals surface area contributed by atoms with Gasteiger partial charge in [-0.2, -0.15) is 0 Å². The van der Waals surface area contributed by atoms with Crippen molar-refractivity contribution in [3.63, 3.8) is 0 Å². The maximum atomic E-state index is 11.7. The van der Waals surface area contributed by atoms with Gasteiger partial charge in [0.05, 0.1) is 0 Å². The van der Waals surface area contributed by atoms with Crippen LogP contribution in [0, 0.1) is 5.92 Å². The molecule has 0 saturated carbocycles. The van der Waals surface area contributed by atoms with E-state index in [1.807, 2.05) is 0 Å². The topological polar surface area (TPSA) is 53.6 Å². The maximum Gasteiger partial charge on any atom is 0.315 e. The lowest BCUT2D eigenvalue weighted by Crippen LogP contribution is -2.48. The third-order valence-corrected chi connectivity index (χ3v) is 3.36. The van der Waals surface area contributed by atoms with Crippen molar-refractivity contribution in [1.29, 1.82) is 0 Å². The minimum Gasteiger partial charge on any atom is -0.385 e. The van der Waals surface area contributed by atoms with Crippen molar-refractivity contribution in [2.45, 2.75) is 39.2 Å². The molecule has 0 atom stereocenters. The molecule has 1 aliphatic heterocycles. The van der Waals surface area contributed by atoms with Crippen LogP contribution >= 0.6 is 0 Å². The van der Waals surface area contributed by atoms with Gasteiger partial charge < -0.3 is 20.3 Å². The number of carbonyl (C=O) groups excluding carboxylic acids is 1. The first kappa shape index (κ1) is 16.2. The second kappa shape index (κ2) is 9.15. The van der Waals surface area contributed by atoms with Crippen molar-refractivity contribution >= 4 is 6.03 Å². The fraction of sp³-hybridized carbons (Fsp3) is 0.929. The number of carbonyl (C=O) groups is 1. The van der Waals surface area contributed by atoms with Gasteiger partial charge in [0.15, 0.2) is 0 Å². The number of nitrogens with zero attached hydrogens (tertiary/aromatic N) is 1. The fourth-order valence-corrected chi connectivity index (χ4v) is 2.43. The summed E-state index contributed by atoms with van der Waals surface area (Å²) in [5, 5.41) is 5.92. The Balaban J connectivity index is 2.09. The van der Waals surface area contributed by atoms with Gasteiger partial charge in [-0.15, -0.1) is 0 Å². The van der Waals surface area contributed by atoms with Gasteiger partial charge in [-0.25, -0.2) is 4.79 Å². The normalized spacial score (nSPS) is 17.7. The number of piperidine rings is 1. The highest BCUT2D eigenvalue weighted by atomic mass is 16.5. The molecule has 0 aromatic heterocycles. The van der Waals surface area contributed by atoms with Gasteiger partial charge in [-0.05, 0) is 25.2 Å². The van der Waals surface area contributed by atoms with E-state index in [0.717, 1.165) is 38.9 Å². The van der Waals surface area contributed by atoms with E-state index in [1.54, 1.807) is 7.11 Å². The summed E-state index contributed by atoms with van der Waals surface area (Å²) in [7, 11) is 1.67. The molecule has 112 valence electrons. The number of likely N-dealkylation sites (tertiary alicyclic amines) is 1. The van der Waals surface area contributed by atoms with Gasteiger partial charge in [0.2, 0.25) is 0 Å². The number of urea groups is 1. The largest absolute Gasteiger partial charge is 0.385 e. The molecule has 1 saturated heterocycles. The number of amides is 2. The highest BCUT2D eigenvalue weighted by molar-refractivity contribution is 5.74. The highest BCUT2D eigenvalue weighted by Crippen LogP contribution is 2.11. The number of ether oxygens (including phenoxy) is 1. The number of methoxy groups -OCH3 is 1. The van der Waals surface area contributed by atoms with Crippen molar-refractivity contribution in [2.75, 3.05) is 39.9 Å². The molecular weight excluding hydrogens is 242 g/mol. The van der Waals surface area contributed by atoms with E-state index < -0.39 is 0 Å². The van der Waals surface area contributed by atoms with Crippen molar-refractivity contribution < 1.29 is 9.53 Å². The number of hydrogen-bond donors (Lipinski definition) is 2. The molecule has 1 heterocycles. The zero-order valence-corrected chi connectivity index (χ0v) is 12.6. The van der Waals surface area contributed by atoms with E-state index >= 15 is 0 Å². The van der Waals surface area contributed by atoms with Crippen LogP contribution < -0.4 is 10.6 Å². The molecule has 0 spiro atoms. The van der Waals surface area contributed by atoms with Crippen LogP contribution in [0.25, 0.3) is 0 Å². The monoisotopic (exact) mass is 271 g/mol. The minimum absolute atomic E-state index is 0.0431. The molecule has 19 heavy (non-hydrogen) atoms. The Labute approximate surface area is 117 Å². The Morgan fingerprint density at radius 1 is 1.37 bits per heavy atom. The summed E-state index contributed by atoms with van der Waals surface area (Å²) in [4.78, 5) is 14.1. The second-order valence-corrected chi connectivity index (χ2v) is 5.72. The van der Waals surface area contributed by atoms with E-state index in [9.17, 15) is 4.79 Å². The molecule has 1 aliphatic rings. The summed E-state index contributed by atoms with van der Waals surface area (Å²) in [6.45, 7) is 9.20. The third-order valence-electron chi connectivity index (χ3n) is 3.36. The van der Waals surface area contributed by atoms with Crippen molar-refractivity contribution in [1.82, 2.24) is 15.5 Å². The smallest absolute Gasteiger partial charge is 0.315 e. The van der Waals surface area contributed by atoms with Gasteiger partial charge in [-0.3, -0.25) is 0 Å². The van der Waals surface area contributed by atoms with E-state index in [-0.39, 0.29) is 6.03 Å². The van der Waals surface area contributed by atoms with E-state index in [1.165, 1.54) is 0 Å². The first-order valence-corrected chi connectivity index (χ1v) is 7.37. The molecule has 2 N–H and O–H groups in total. The molecule has 0 unspecified atom stereocenters. The van der Waals surface area contributed by atoms with E-state index in [4.69, 9.17) is 4.74 Å². The summed E-state index contributed by atoms with van der Waals surface area (Å²) in [5.74, 6) is 0.716. The van der Waals surface area contributed by atoms with Crippen LogP contribution in [0.4, 0.5) is 4.79 Å². The molecule has 0 aromatic rings. The van der Waals surface area contributed by atoms with Crippen LogP contribution in [-0.2, 0) is 4.74 Å². The Morgan fingerprint density at radius 3 is 2.63 bits per heavy atom. The lowest BCUT2D eigenvalue weighted by Gasteiger charge is -2.33. The lowest BCUT2D eigenvalue weighted by molar-refractivity contribution is 0.176. The summed E-state index contributed by atoms with van der Waals surface area (Å²) in [5.41, 5.74) is 0. The summed E-state index contributed by atoms with van der Waals surface area (Å²) in [6, 6.07) is 0.282. The zero-order chi connectivity index (χ0) is 14.1. The second-order valence-electron chi connectivity index (χ2n) is 5.72. The lowest BCUT2D eigenvalue weighted by atomic mass is 10.0. The van der Waals surface area contributed by atoms with Crippen LogP contribution in [-0.4, -0.2) is 56.9 Å². The summed E-state index contributed by atoms with van der Waals surface area (Å²) in [6.07, 6.45) is 2.97. The van der Waals surface area contributed by atoms with Crippen LogP contribution in [0.15, 0.2) is 0 Å². The molecule has 0 aromatic carbocycles. The van der Waals surface area contributed by atoms with Crippen LogP contribution in [0.3, 0.4) is 0 Å². The Bertz CT molecular complexity index is 251. The number of nitrogens with one attached hydrogen (secondary N) is 2. The average Bonchev–Trinajstić information content (AvgIpc) is 2.36. The van der Waals surface area contributed by atoms with Gasteiger partial charge in [0, 0.05) is 45.9 Å². The van der Waals surface area contributed by atoms with Gasteiger partial charge in [0.25, 0.3) is 0 Å². The maximum absolute atomic E-state index is 11.7. The standard InChI is InChI=1S/C14H29N3O2/c1-12(2)11-17-8-5-13(6-9-17)16-14(18)15-7-4-10-19-3/h12-13H,4-11H2,1-3H3,(H2,15,16,18). The summed E-state index contributed by atoms with van der Waals surface area (Å²) < 4.78 is 4.94. The molecule has 0 radical (unpaired) electrons. The van der Waals surface area contributed by atoms with Gasteiger partial charge in [0.1, 0.15) is 0 Å². The first-order chi connectivity index (χ1) is 9.11. The van der Waals surface area contributed by atoms with E-state index in [0.29, 0.717) is 25.1 Å². The first-order valence-electron chi connectivity index (χ1n) is 7.37. The molecule has 5 nitrogen and oxygen atoms in total. The van der Waals surface area contributed by atoms with Crippen LogP contribution in [0.1, 0.15) is 33.1 Å². The Morgan fingerprint density at radius 2 is 2.05 bits per heavy atom. The number of rotatable bonds is 7. The minimum atomic E-state index is -0.0431. The molecule has 5 heteroatoms. The Kier molecular flexibility index (Phi) is 7.82.